The third-order valence-electron chi connectivity index (χ3n) is 2.08. The molecular weight excluding hydrogens is 194 g/mol. The van der Waals surface area contributed by atoms with Gasteiger partial charge in [0.1, 0.15) is 5.75 Å². The number of fused-ring (bicyclic) bond motifs is 1. The predicted molar refractivity (Wildman–Crippen MR) is 54.7 cm³/mol. The number of rotatable bonds is 2. The molecule has 15 heavy (non-hydrogen) atoms. The number of aromatic nitrogens is 1. The first kappa shape index (κ1) is 9.45. The van der Waals surface area contributed by atoms with Crippen LogP contribution < -0.4 is 0 Å². The Morgan fingerprint density at radius 1 is 1.33 bits per heavy atom. The van der Waals surface area contributed by atoms with Crippen LogP contribution in [0, 0.1) is 0 Å². The predicted octanol–water partition coefficient (Wildman–Crippen LogP) is 1.57. The standard InChI is InChI=1S/C11H9NO3/c13-9-1-2-10-8(5-9)3-7(6-12-10)4-11(14)15/h1-3,5-6,13H,4H2,(H,14,15). The molecule has 1 aromatic heterocycles. The van der Waals surface area contributed by atoms with Crippen molar-refractivity contribution in [3.05, 3.63) is 36.0 Å². The summed E-state index contributed by atoms with van der Waals surface area (Å²) in [6.07, 6.45) is 1.48. The maximum absolute atomic E-state index is 10.5. The summed E-state index contributed by atoms with van der Waals surface area (Å²) in [6.45, 7) is 0. The van der Waals surface area contributed by atoms with Crippen LogP contribution in [0.15, 0.2) is 30.5 Å². The minimum atomic E-state index is -0.892. The molecule has 0 aliphatic rings. The van der Waals surface area contributed by atoms with Crippen molar-refractivity contribution >= 4 is 16.9 Å². The lowest BCUT2D eigenvalue weighted by Crippen LogP contribution is -2.00. The highest BCUT2D eigenvalue weighted by molar-refractivity contribution is 5.81. The van der Waals surface area contributed by atoms with Crippen molar-refractivity contribution in [2.45, 2.75) is 6.42 Å². The van der Waals surface area contributed by atoms with Gasteiger partial charge in [-0.3, -0.25) is 9.78 Å². The highest BCUT2D eigenvalue weighted by Gasteiger charge is 2.03. The molecule has 0 aliphatic heterocycles. The molecule has 2 N–H and O–H groups in total. The second-order valence-corrected chi connectivity index (χ2v) is 3.29. The summed E-state index contributed by atoms with van der Waals surface area (Å²) in [5.41, 5.74) is 1.36. The number of carboxylic acids is 1. The van der Waals surface area contributed by atoms with Crippen LogP contribution in [0.25, 0.3) is 10.9 Å². The first-order chi connectivity index (χ1) is 7.15. The Labute approximate surface area is 85.8 Å². The average molecular weight is 203 g/mol. The fourth-order valence-electron chi connectivity index (χ4n) is 1.44. The summed E-state index contributed by atoms with van der Waals surface area (Å²) in [5, 5.41) is 18.6. The van der Waals surface area contributed by atoms with Crippen LogP contribution in [-0.2, 0) is 11.2 Å². The summed E-state index contributed by atoms with van der Waals surface area (Å²) < 4.78 is 0. The van der Waals surface area contributed by atoms with E-state index in [0.717, 1.165) is 10.9 Å². The van der Waals surface area contributed by atoms with E-state index in [0.29, 0.717) is 5.56 Å². The highest BCUT2D eigenvalue weighted by Crippen LogP contribution is 2.19. The van der Waals surface area contributed by atoms with Crippen LogP contribution >= 0.6 is 0 Å². The lowest BCUT2D eigenvalue weighted by atomic mass is 10.1. The highest BCUT2D eigenvalue weighted by atomic mass is 16.4. The number of nitrogens with zero attached hydrogens (tertiary/aromatic N) is 1. The fourth-order valence-corrected chi connectivity index (χ4v) is 1.44. The van der Waals surface area contributed by atoms with Gasteiger partial charge in [0.15, 0.2) is 0 Å². The third kappa shape index (κ3) is 2.04. The van der Waals surface area contributed by atoms with E-state index >= 15 is 0 Å². The summed E-state index contributed by atoms with van der Waals surface area (Å²) in [7, 11) is 0. The van der Waals surface area contributed by atoms with Crippen molar-refractivity contribution in [1.29, 1.82) is 0 Å². The second-order valence-electron chi connectivity index (χ2n) is 3.29. The number of carboxylic acid groups (broad SMARTS) is 1. The van der Waals surface area contributed by atoms with E-state index in [4.69, 9.17) is 5.11 Å². The van der Waals surface area contributed by atoms with Gasteiger partial charge in [-0.2, -0.15) is 0 Å². The fraction of sp³-hybridized carbons (Fsp3) is 0.0909. The molecule has 0 saturated heterocycles. The minimum absolute atomic E-state index is 0.0569. The number of aliphatic carboxylic acids is 1. The molecule has 0 unspecified atom stereocenters. The monoisotopic (exact) mass is 203 g/mol. The van der Waals surface area contributed by atoms with Gasteiger partial charge < -0.3 is 10.2 Å². The summed E-state index contributed by atoms with van der Waals surface area (Å²) in [5.74, 6) is -0.743. The second kappa shape index (κ2) is 3.57. The number of aromatic hydroxyl groups is 1. The first-order valence-corrected chi connectivity index (χ1v) is 4.44. The van der Waals surface area contributed by atoms with E-state index in [9.17, 15) is 9.90 Å². The van der Waals surface area contributed by atoms with Crippen LogP contribution in [0.2, 0.25) is 0 Å². The zero-order valence-electron chi connectivity index (χ0n) is 7.84. The van der Waals surface area contributed by atoms with Crippen molar-refractivity contribution in [3.8, 4) is 5.75 Å². The molecule has 2 rings (SSSR count). The largest absolute Gasteiger partial charge is 0.508 e. The summed E-state index contributed by atoms with van der Waals surface area (Å²) in [6, 6.07) is 6.52. The van der Waals surface area contributed by atoms with Crippen molar-refractivity contribution in [3.63, 3.8) is 0 Å². The number of carbonyl (C=O) groups is 1. The SMILES string of the molecule is O=C(O)Cc1cnc2ccc(O)cc2c1. The van der Waals surface area contributed by atoms with E-state index in [-0.39, 0.29) is 12.2 Å². The topological polar surface area (TPSA) is 70.4 Å². The smallest absolute Gasteiger partial charge is 0.307 e. The molecular formula is C11H9NO3. The van der Waals surface area contributed by atoms with Crippen molar-refractivity contribution in [2.75, 3.05) is 0 Å². The zero-order valence-corrected chi connectivity index (χ0v) is 7.84. The van der Waals surface area contributed by atoms with Gasteiger partial charge in [0.25, 0.3) is 0 Å². The number of phenols is 1. The molecule has 2 aromatic rings. The molecule has 0 fully saturated rings. The van der Waals surface area contributed by atoms with Gasteiger partial charge in [0.05, 0.1) is 11.9 Å². The Kier molecular flexibility index (Phi) is 2.25. The molecule has 4 nitrogen and oxygen atoms in total. The number of hydrogen-bond donors (Lipinski definition) is 2. The number of hydrogen-bond acceptors (Lipinski definition) is 3. The molecule has 0 atom stereocenters. The Morgan fingerprint density at radius 2 is 2.13 bits per heavy atom. The quantitative estimate of drug-likeness (QED) is 0.777. The first-order valence-electron chi connectivity index (χ1n) is 4.44. The Bertz CT molecular complexity index is 522. The minimum Gasteiger partial charge on any atom is -0.508 e. The molecule has 1 aromatic carbocycles. The summed E-state index contributed by atoms with van der Waals surface area (Å²) >= 11 is 0. The van der Waals surface area contributed by atoms with Gasteiger partial charge in [0, 0.05) is 11.6 Å². The zero-order chi connectivity index (χ0) is 10.8. The maximum atomic E-state index is 10.5. The van der Waals surface area contributed by atoms with Crippen LogP contribution in [0.4, 0.5) is 0 Å². The summed E-state index contributed by atoms with van der Waals surface area (Å²) in [4.78, 5) is 14.6. The molecule has 1 heterocycles. The molecule has 4 heteroatoms. The Hall–Kier alpha value is -2.10. The van der Waals surface area contributed by atoms with Gasteiger partial charge in [-0.1, -0.05) is 0 Å². The van der Waals surface area contributed by atoms with Crippen molar-refractivity contribution in [1.82, 2.24) is 4.98 Å². The molecule has 0 bridgehead atoms. The van der Waals surface area contributed by atoms with E-state index in [1.165, 1.54) is 6.20 Å². The van der Waals surface area contributed by atoms with Gasteiger partial charge in [0.2, 0.25) is 0 Å². The molecule has 0 saturated carbocycles. The van der Waals surface area contributed by atoms with Gasteiger partial charge in [-0.25, -0.2) is 0 Å². The Morgan fingerprint density at radius 3 is 2.87 bits per heavy atom. The van der Waals surface area contributed by atoms with E-state index in [2.05, 4.69) is 4.98 Å². The van der Waals surface area contributed by atoms with E-state index < -0.39 is 5.97 Å². The van der Waals surface area contributed by atoms with Crippen molar-refractivity contribution in [2.24, 2.45) is 0 Å². The third-order valence-corrected chi connectivity index (χ3v) is 2.08. The lowest BCUT2D eigenvalue weighted by Gasteiger charge is -2.01. The van der Waals surface area contributed by atoms with Gasteiger partial charge in [-0.05, 0) is 29.8 Å². The normalized spacial score (nSPS) is 10.4. The molecule has 76 valence electrons. The molecule has 0 radical (unpaired) electrons. The number of benzene rings is 1. The van der Waals surface area contributed by atoms with Gasteiger partial charge in [-0.15, -0.1) is 0 Å². The lowest BCUT2D eigenvalue weighted by molar-refractivity contribution is -0.136. The van der Waals surface area contributed by atoms with Crippen LogP contribution in [-0.4, -0.2) is 21.2 Å². The molecule has 0 aliphatic carbocycles. The van der Waals surface area contributed by atoms with E-state index in [1.54, 1.807) is 24.3 Å². The van der Waals surface area contributed by atoms with Crippen LogP contribution in [0.3, 0.4) is 0 Å². The van der Waals surface area contributed by atoms with Gasteiger partial charge >= 0.3 is 5.97 Å². The Balaban J connectivity index is 2.49. The maximum Gasteiger partial charge on any atom is 0.307 e. The average Bonchev–Trinajstić information content (AvgIpc) is 2.16. The molecule has 0 spiro atoms. The number of phenolic OH excluding ortho intramolecular Hbond substituents is 1. The molecule has 0 amide bonds. The van der Waals surface area contributed by atoms with Crippen LogP contribution in [0.1, 0.15) is 5.56 Å². The van der Waals surface area contributed by atoms with Crippen LogP contribution in [0.5, 0.6) is 5.75 Å². The van der Waals surface area contributed by atoms with Crippen molar-refractivity contribution < 1.29 is 15.0 Å². The van der Waals surface area contributed by atoms with E-state index in [1.807, 2.05) is 0 Å². The number of pyridine rings is 1.